The Morgan fingerprint density at radius 1 is 1.07 bits per heavy atom. The maximum atomic E-state index is 5.84. The van der Waals surface area contributed by atoms with Crippen molar-refractivity contribution < 1.29 is 51.9 Å². The molecule has 0 spiro atoms. The number of hydrogen-bond donors (Lipinski definition) is 0. The fourth-order valence-electron chi connectivity index (χ4n) is 6.02. The van der Waals surface area contributed by atoms with Gasteiger partial charge in [-0.2, -0.15) is 0 Å². The van der Waals surface area contributed by atoms with E-state index in [0.29, 0.717) is 67.2 Å². The van der Waals surface area contributed by atoms with E-state index in [1.807, 2.05) is 0 Å². The molecule has 6 rings (SSSR count). The third kappa shape index (κ3) is 2.88. The summed E-state index contributed by atoms with van der Waals surface area (Å²) in [5.74, 6) is 4.08. The van der Waals surface area contributed by atoms with E-state index in [1.165, 1.54) is 19.4 Å². The first kappa shape index (κ1) is 18.7. The maximum absolute atomic E-state index is 5.84. The summed E-state index contributed by atoms with van der Waals surface area (Å²) in [5, 5.41) is 0. The number of fused-ring (bicyclic) bond motifs is 3. The number of allylic oxidation sites excluding steroid dienone is 1. The first-order valence-corrected chi connectivity index (χ1v) is 16.5. The molecule has 5 aliphatic rings. The van der Waals surface area contributed by atoms with Crippen LogP contribution in [0.2, 0.25) is 0 Å². The zero-order chi connectivity index (χ0) is 18.8. The number of alkyl halides is 4. The fourth-order valence-corrected chi connectivity index (χ4v) is 17.1. The molecule has 3 unspecified atom stereocenters. The molecule has 2 fully saturated rings. The van der Waals surface area contributed by atoms with E-state index < -0.39 is 0 Å². The van der Waals surface area contributed by atoms with Gasteiger partial charge in [0.05, 0.1) is 0 Å². The van der Waals surface area contributed by atoms with Gasteiger partial charge in [-0.1, -0.05) is 0 Å². The van der Waals surface area contributed by atoms with Crippen LogP contribution in [0, 0.1) is 11.8 Å². The molecule has 0 amide bonds. The van der Waals surface area contributed by atoms with Crippen LogP contribution in [0.3, 0.4) is 0 Å². The zero-order valence-electron chi connectivity index (χ0n) is 16.7. The van der Waals surface area contributed by atoms with Crippen LogP contribution >= 0.6 is 0 Å². The predicted octanol–water partition coefficient (Wildman–Crippen LogP) is -2.21. The Labute approximate surface area is 189 Å². The van der Waals surface area contributed by atoms with Crippen LogP contribution < -0.4 is 51.9 Å². The molecule has 4 aliphatic heterocycles. The summed E-state index contributed by atoms with van der Waals surface area (Å²) >= 11 is 0.759. The van der Waals surface area contributed by atoms with Crippen molar-refractivity contribution in [1.82, 2.24) is 4.90 Å². The SMILES string of the molecule is CC(C)[C@H]1C=C2CCN3C(C4C[I-]CC[I-]4)c4cc5c(cc4[C@H](C1)C23)OCO5. The van der Waals surface area contributed by atoms with Gasteiger partial charge >= 0.3 is 190 Å². The summed E-state index contributed by atoms with van der Waals surface area (Å²) in [4.78, 5) is 2.96. The fraction of sp³-hybridized carbons (Fsp3) is 0.652. The average molecular weight is 605 g/mol. The van der Waals surface area contributed by atoms with E-state index in [9.17, 15) is 0 Å². The van der Waals surface area contributed by atoms with Crippen LogP contribution in [-0.2, 0) is 0 Å². The molecule has 4 heterocycles. The van der Waals surface area contributed by atoms with Crippen LogP contribution in [-0.4, -0.2) is 41.5 Å². The molecule has 0 radical (unpaired) electrons. The van der Waals surface area contributed by atoms with E-state index in [2.05, 4.69) is 37.0 Å². The Hall–Kier alpha value is -0.0200. The molecule has 28 heavy (non-hydrogen) atoms. The molecular weight excluding hydrogens is 576 g/mol. The van der Waals surface area contributed by atoms with Gasteiger partial charge in [-0.25, -0.2) is 0 Å². The van der Waals surface area contributed by atoms with Crippen molar-refractivity contribution in [2.45, 2.75) is 48.6 Å². The normalized spacial score (nSPS) is 36.8. The van der Waals surface area contributed by atoms with Crippen LogP contribution in [0.5, 0.6) is 11.5 Å². The Balaban J connectivity index is 1.50. The third-order valence-corrected chi connectivity index (χ3v) is 17.4. The van der Waals surface area contributed by atoms with Crippen molar-refractivity contribution in [1.29, 1.82) is 0 Å². The molecule has 2 saturated heterocycles. The van der Waals surface area contributed by atoms with E-state index in [0.717, 1.165) is 27.3 Å². The number of nitrogens with zero attached hydrogens (tertiary/aromatic N) is 1. The first-order chi connectivity index (χ1) is 13.7. The first-order valence-electron chi connectivity index (χ1n) is 10.7. The van der Waals surface area contributed by atoms with Crippen LogP contribution in [0.1, 0.15) is 49.8 Å². The van der Waals surface area contributed by atoms with Gasteiger partial charge in [0.2, 0.25) is 0 Å². The van der Waals surface area contributed by atoms with Gasteiger partial charge < -0.3 is 0 Å². The van der Waals surface area contributed by atoms with Crippen LogP contribution in [0.15, 0.2) is 23.8 Å². The van der Waals surface area contributed by atoms with Crippen molar-refractivity contribution in [3.63, 3.8) is 0 Å². The number of ether oxygens (including phenoxy) is 2. The Bertz CT molecular complexity index is 817. The van der Waals surface area contributed by atoms with E-state index >= 15 is 0 Å². The van der Waals surface area contributed by atoms with Gasteiger partial charge in [0, 0.05) is 0 Å². The topological polar surface area (TPSA) is 21.7 Å². The van der Waals surface area contributed by atoms with Gasteiger partial charge in [0.25, 0.3) is 0 Å². The summed E-state index contributed by atoms with van der Waals surface area (Å²) in [7, 11) is 0. The average Bonchev–Trinajstić information content (AvgIpc) is 3.35. The van der Waals surface area contributed by atoms with Gasteiger partial charge in [0.1, 0.15) is 0 Å². The molecular formula is C23H29I2NO2-2. The van der Waals surface area contributed by atoms with Crippen molar-refractivity contribution in [3.05, 3.63) is 34.9 Å². The van der Waals surface area contributed by atoms with Gasteiger partial charge in [-0.15, -0.1) is 0 Å². The molecule has 0 saturated carbocycles. The molecule has 0 aromatic heterocycles. The number of benzene rings is 1. The van der Waals surface area contributed by atoms with E-state index in [4.69, 9.17) is 9.47 Å². The summed E-state index contributed by atoms with van der Waals surface area (Å²) in [6, 6.07) is 6.11. The molecule has 1 aliphatic carbocycles. The van der Waals surface area contributed by atoms with E-state index in [1.54, 1.807) is 30.0 Å². The molecule has 3 nitrogen and oxygen atoms in total. The second kappa shape index (κ2) is 7.29. The van der Waals surface area contributed by atoms with Crippen molar-refractivity contribution in [2.75, 3.05) is 26.6 Å². The summed E-state index contributed by atoms with van der Waals surface area (Å²) < 4.78 is 17.3. The Morgan fingerprint density at radius 2 is 1.89 bits per heavy atom. The summed E-state index contributed by atoms with van der Waals surface area (Å²) in [6.07, 6.45) is 5.28. The standard InChI is InChI=1S/C23H29I2NO2/c1-13(2)15-7-14-3-6-26-22(14)17(8-15)16-9-20-21(28-12-27-20)10-18(16)23(26)19-11-24-4-5-25-19/h7,9-10,13,15,17,19,22-23H,3-6,8,11-12H2,1-2H3/q-2/t15-,17-,19?,22?,23?/m0/s1. The number of hydrogen-bond acceptors (Lipinski definition) is 3. The van der Waals surface area contributed by atoms with Crippen molar-refractivity contribution >= 4 is 0 Å². The quantitative estimate of drug-likeness (QED) is 0.217. The number of halogens is 2. The molecule has 1 aromatic rings. The Kier molecular flexibility index (Phi) is 4.88. The molecule has 0 N–H and O–H groups in total. The monoisotopic (exact) mass is 605 g/mol. The van der Waals surface area contributed by atoms with Crippen molar-refractivity contribution in [2.24, 2.45) is 11.8 Å². The number of rotatable bonds is 2. The molecule has 154 valence electrons. The molecule has 0 bridgehead atoms. The minimum absolute atomic E-state index is 0.325. The molecule has 1 aromatic carbocycles. The molecule has 5 heteroatoms. The Morgan fingerprint density at radius 3 is 2.64 bits per heavy atom. The zero-order valence-corrected chi connectivity index (χ0v) is 21.0. The summed E-state index contributed by atoms with van der Waals surface area (Å²) in [5.41, 5.74) is 4.99. The summed E-state index contributed by atoms with van der Waals surface area (Å²) in [6.45, 7) is 6.46. The third-order valence-electron chi connectivity index (χ3n) is 7.35. The van der Waals surface area contributed by atoms with Crippen LogP contribution in [0.4, 0.5) is 0 Å². The minimum atomic E-state index is 0.325. The molecule has 5 atom stereocenters. The van der Waals surface area contributed by atoms with Crippen molar-refractivity contribution in [3.8, 4) is 11.5 Å². The van der Waals surface area contributed by atoms with Gasteiger partial charge in [-0.05, 0) is 0 Å². The second-order valence-corrected chi connectivity index (χ2v) is 15.7. The van der Waals surface area contributed by atoms with Crippen LogP contribution in [0.25, 0.3) is 0 Å². The van der Waals surface area contributed by atoms with Gasteiger partial charge in [-0.3, -0.25) is 0 Å². The van der Waals surface area contributed by atoms with E-state index in [-0.39, 0.29) is 0 Å². The second-order valence-electron chi connectivity index (χ2n) is 9.10. The van der Waals surface area contributed by atoms with Gasteiger partial charge in [0.15, 0.2) is 0 Å². The predicted molar refractivity (Wildman–Crippen MR) is 103 cm³/mol.